The molecule has 2 saturated heterocycles. The van der Waals surface area contributed by atoms with E-state index in [1.54, 1.807) is 11.0 Å². The van der Waals surface area contributed by atoms with Crippen molar-refractivity contribution in [1.82, 2.24) is 5.32 Å². The first-order valence-electron chi connectivity index (χ1n) is 6.68. The molecular weight excluding hydrogens is 264 g/mol. The highest BCUT2D eigenvalue weighted by Crippen LogP contribution is 2.34. The van der Waals surface area contributed by atoms with Crippen LogP contribution in [0.5, 0.6) is 0 Å². The van der Waals surface area contributed by atoms with E-state index in [0.717, 1.165) is 31.6 Å². The minimum Gasteiger partial charge on any atom is -0.447 e. The molecule has 0 saturated carbocycles. The Bertz CT molecular complexity index is 474. The van der Waals surface area contributed by atoms with Crippen molar-refractivity contribution in [2.45, 2.75) is 18.9 Å². The van der Waals surface area contributed by atoms with Crippen molar-refractivity contribution in [1.29, 1.82) is 0 Å². The number of anilines is 1. The molecular formula is C14H17ClN2O2. The molecule has 0 radical (unpaired) electrons. The third-order valence-corrected chi connectivity index (χ3v) is 4.22. The average molecular weight is 281 g/mol. The van der Waals surface area contributed by atoms with E-state index in [1.807, 2.05) is 18.2 Å². The van der Waals surface area contributed by atoms with Crippen LogP contribution in [0.25, 0.3) is 0 Å². The summed E-state index contributed by atoms with van der Waals surface area (Å²) in [5.41, 5.74) is 0.752. The fraction of sp³-hybridized carbons (Fsp3) is 0.500. The second-order valence-electron chi connectivity index (χ2n) is 5.07. The van der Waals surface area contributed by atoms with Crippen molar-refractivity contribution in [2.75, 3.05) is 24.6 Å². The van der Waals surface area contributed by atoms with Gasteiger partial charge in [-0.2, -0.15) is 0 Å². The van der Waals surface area contributed by atoms with Crippen LogP contribution >= 0.6 is 11.6 Å². The van der Waals surface area contributed by atoms with Crippen molar-refractivity contribution in [3.8, 4) is 0 Å². The molecule has 1 amide bonds. The summed E-state index contributed by atoms with van der Waals surface area (Å²) < 4.78 is 5.24. The van der Waals surface area contributed by atoms with E-state index in [9.17, 15) is 4.79 Å². The maximum absolute atomic E-state index is 12.0. The number of ether oxygens (including phenoxy) is 1. The average Bonchev–Trinajstić information content (AvgIpc) is 2.82. The van der Waals surface area contributed by atoms with Gasteiger partial charge in [-0.15, -0.1) is 0 Å². The maximum Gasteiger partial charge on any atom is 0.414 e. The fourth-order valence-corrected chi connectivity index (χ4v) is 3.14. The number of amides is 1. The van der Waals surface area contributed by atoms with Gasteiger partial charge >= 0.3 is 6.09 Å². The van der Waals surface area contributed by atoms with E-state index >= 15 is 0 Å². The van der Waals surface area contributed by atoms with Crippen LogP contribution in [0.3, 0.4) is 0 Å². The second-order valence-corrected chi connectivity index (χ2v) is 5.48. The zero-order chi connectivity index (χ0) is 13.2. The minimum atomic E-state index is -0.288. The molecule has 5 heteroatoms. The Morgan fingerprint density at radius 3 is 2.95 bits per heavy atom. The predicted molar refractivity (Wildman–Crippen MR) is 74.7 cm³/mol. The van der Waals surface area contributed by atoms with Gasteiger partial charge in [0.1, 0.15) is 6.61 Å². The third-order valence-electron chi connectivity index (χ3n) is 3.90. The molecule has 2 heterocycles. The standard InChI is InChI=1S/C14H17ClN2O2/c15-11-5-1-2-6-12(11)17-13(9-19-14(17)18)10-4-3-7-16-8-10/h1-2,5-6,10,13,16H,3-4,7-9H2. The van der Waals surface area contributed by atoms with Crippen LogP contribution in [-0.4, -0.2) is 31.8 Å². The van der Waals surface area contributed by atoms with E-state index < -0.39 is 0 Å². The van der Waals surface area contributed by atoms with E-state index in [-0.39, 0.29) is 12.1 Å². The van der Waals surface area contributed by atoms with Gasteiger partial charge in [-0.05, 0) is 37.4 Å². The van der Waals surface area contributed by atoms with Gasteiger partial charge in [-0.3, -0.25) is 4.90 Å². The Morgan fingerprint density at radius 1 is 1.37 bits per heavy atom. The number of halogens is 1. The number of piperidine rings is 1. The van der Waals surface area contributed by atoms with Crippen molar-refractivity contribution in [3.05, 3.63) is 29.3 Å². The predicted octanol–water partition coefficient (Wildman–Crippen LogP) is 2.66. The Morgan fingerprint density at radius 2 is 2.21 bits per heavy atom. The van der Waals surface area contributed by atoms with Crippen molar-refractivity contribution in [2.24, 2.45) is 5.92 Å². The van der Waals surface area contributed by atoms with Crippen LogP contribution in [0.15, 0.2) is 24.3 Å². The first-order valence-corrected chi connectivity index (χ1v) is 7.06. The highest BCUT2D eigenvalue weighted by molar-refractivity contribution is 6.33. The molecule has 2 aliphatic heterocycles. The summed E-state index contributed by atoms with van der Waals surface area (Å²) in [6.45, 7) is 2.45. The van der Waals surface area contributed by atoms with Gasteiger partial charge in [0, 0.05) is 6.54 Å². The molecule has 0 aliphatic carbocycles. The number of carbonyl (C=O) groups excluding carboxylic acids is 1. The van der Waals surface area contributed by atoms with Gasteiger partial charge in [0.25, 0.3) is 0 Å². The number of cyclic esters (lactones) is 1. The van der Waals surface area contributed by atoms with E-state index in [0.29, 0.717) is 17.5 Å². The molecule has 2 atom stereocenters. The van der Waals surface area contributed by atoms with Gasteiger partial charge in [0.05, 0.1) is 16.8 Å². The Labute approximate surface area is 117 Å². The summed E-state index contributed by atoms with van der Waals surface area (Å²) in [5, 5.41) is 3.98. The molecule has 1 aromatic rings. The summed E-state index contributed by atoms with van der Waals surface area (Å²) in [6, 6.07) is 7.52. The molecule has 0 bridgehead atoms. The number of hydrogen-bond acceptors (Lipinski definition) is 3. The molecule has 2 aliphatic rings. The van der Waals surface area contributed by atoms with E-state index in [4.69, 9.17) is 16.3 Å². The van der Waals surface area contributed by atoms with Gasteiger partial charge in [0.15, 0.2) is 0 Å². The summed E-state index contributed by atoms with van der Waals surface area (Å²) in [5.74, 6) is 0.427. The normalized spacial score (nSPS) is 27.4. The first-order chi connectivity index (χ1) is 9.27. The molecule has 2 fully saturated rings. The molecule has 102 valence electrons. The maximum atomic E-state index is 12.0. The lowest BCUT2D eigenvalue weighted by Crippen LogP contribution is -2.45. The lowest BCUT2D eigenvalue weighted by molar-refractivity contribution is 0.174. The smallest absolute Gasteiger partial charge is 0.414 e. The number of hydrogen-bond donors (Lipinski definition) is 1. The van der Waals surface area contributed by atoms with Crippen LogP contribution < -0.4 is 10.2 Å². The Kier molecular flexibility index (Phi) is 3.62. The molecule has 19 heavy (non-hydrogen) atoms. The number of rotatable bonds is 2. The number of nitrogens with one attached hydrogen (secondary N) is 1. The van der Waals surface area contributed by atoms with Crippen molar-refractivity contribution in [3.63, 3.8) is 0 Å². The van der Waals surface area contributed by atoms with Gasteiger partial charge in [-0.25, -0.2) is 4.79 Å². The topological polar surface area (TPSA) is 41.6 Å². The second kappa shape index (κ2) is 5.39. The van der Waals surface area contributed by atoms with Crippen molar-refractivity contribution >= 4 is 23.4 Å². The summed E-state index contributed by atoms with van der Waals surface area (Å²) in [6.07, 6.45) is 1.98. The molecule has 0 aromatic heterocycles. The summed E-state index contributed by atoms with van der Waals surface area (Å²) >= 11 is 6.21. The molecule has 1 N–H and O–H groups in total. The van der Waals surface area contributed by atoms with Crippen LogP contribution in [-0.2, 0) is 4.74 Å². The highest BCUT2D eigenvalue weighted by Gasteiger charge is 2.40. The number of para-hydroxylation sites is 1. The Balaban J connectivity index is 1.88. The molecule has 0 spiro atoms. The number of carbonyl (C=O) groups is 1. The van der Waals surface area contributed by atoms with Crippen molar-refractivity contribution < 1.29 is 9.53 Å². The van der Waals surface area contributed by atoms with Crippen LogP contribution in [0.2, 0.25) is 5.02 Å². The van der Waals surface area contributed by atoms with E-state index in [2.05, 4.69) is 5.32 Å². The lowest BCUT2D eigenvalue weighted by atomic mass is 9.91. The molecule has 3 rings (SSSR count). The zero-order valence-electron chi connectivity index (χ0n) is 10.6. The van der Waals surface area contributed by atoms with Crippen LogP contribution in [0, 0.1) is 5.92 Å². The quantitative estimate of drug-likeness (QED) is 0.906. The highest BCUT2D eigenvalue weighted by atomic mass is 35.5. The molecule has 1 aromatic carbocycles. The summed E-state index contributed by atoms with van der Waals surface area (Å²) in [4.78, 5) is 13.7. The monoisotopic (exact) mass is 280 g/mol. The molecule has 2 unspecified atom stereocenters. The van der Waals surface area contributed by atoms with E-state index in [1.165, 1.54) is 0 Å². The zero-order valence-corrected chi connectivity index (χ0v) is 11.4. The lowest BCUT2D eigenvalue weighted by Gasteiger charge is -2.32. The van der Waals surface area contributed by atoms with Gasteiger partial charge in [-0.1, -0.05) is 23.7 Å². The Hall–Kier alpha value is -1.26. The third kappa shape index (κ3) is 2.42. The largest absolute Gasteiger partial charge is 0.447 e. The number of nitrogens with zero attached hydrogens (tertiary/aromatic N) is 1. The van der Waals surface area contributed by atoms with Gasteiger partial charge < -0.3 is 10.1 Å². The van der Waals surface area contributed by atoms with Crippen LogP contribution in [0.1, 0.15) is 12.8 Å². The SMILES string of the molecule is O=C1OCC(C2CCCNC2)N1c1ccccc1Cl. The summed E-state index contributed by atoms with van der Waals surface area (Å²) in [7, 11) is 0. The fourth-order valence-electron chi connectivity index (χ4n) is 2.91. The number of benzene rings is 1. The first kappa shape index (κ1) is 12.8. The molecule has 4 nitrogen and oxygen atoms in total. The minimum absolute atomic E-state index is 0.0835. The van der Waals surface area contributed by atoms with Crippen LogP contribution in [0.4, 0.5) is 10.5 Å². The van der Waals surface area contributed by atoms with Gasteiger partial charge in [0.2, 0.25) is 0 Å².